The van der Waals surface area contributed by atoms with Crippen LogP contribution in [0, 0.1) is 0 Å². The van der Waals surface area contributed by atoms with Gasteiger partial charge in [-0.1, -0.05) is 30.3 Å². The predicted octanol–water partition coefficient (Wildman–Crippen LogP) is 1.11. The van der Waals surface area contributed by atoms with E-state index in [0.29, 0.717) is 19.6 Å². The fourth-order valence-electron chi connectivity index (χ4n) is 2.49. The maximum atomic E-state index is 12.1. The van der Waals surface area contributed by atoms with E-state index in [1.165, 1.54) is 0 Å². The molecule has 8 heteroatoms. The number of nitrogens with zero attached hydrogens (tertiary/aromatic N) is 4. The molecular weight excluding hydrogens is 316 g/mol. The molecule has 0 bridgehead atoms. The van der Waals surface area contributed by atoms with Gasteiger partial charge in [0.05, 0.1) is 18.1 Å². The van der Waals surface area contributed by atoms with Gasteiger partial charge in [0.25, 0.3) is 0 Å². The lowest BCUT2D eigenvalue weighted by molar-refractivity contribution is -0.133. The first kappa shape index (κ1) is 15.5. The maximum absolute atomic E-state index is 12.1. The van der Waals surface area contributed by atoms with Crippen molar-refractivity contribution in [1.82, 2.24) is 19.7 Å². The molecule has 0 aliphatic carbocycles. The van der Waals surface area contributed by atoms with E-state index in [9.17, 15) is 9.59 Å². The Labute approximate surface area is 137 Å². The maximum Gasteiger partial charge on any atom is 0.313 e. The molecule has 3 rings (SSSR count). The smallest absolute Gasteiger partial charge is 0.313 e. The quantitative estimate of drug-likeness (QED) is 0.882. The summed E-state index contributed by atoms with van der Waals surface area (Å²) in [6.45, 7) is 1.63. The lowest BCUT2D eigenvalue weighted by Gasteiger charge is -2.27. The Balaban J connectivity index is 1.67. The summed E-state index contributed by atoms with van der Waals surface area (Å²) in [7, 11) is 0. The lowest BCUT2D eigenvalue weighted by Crippen LogP contribution is -2.39. The minimum absolute atomic E-state index is 0.0616. The molecule has 1 amide bonds. The van der Waals surface area contributed by atoms with Gasteiger partial charge in [0.1, 0.15) is 0 Å². The van der Waals surface area contributed by atoms with Gasteiger partial charge in [-0.2, -0.15) is 0 Å². The fraction of sp³-hybridized carbons (Fsp3) is 0.333. The second-order valence-corrected chi connectivity index (χ2v) is 6.14. The van der Waals surface area contributed by atoms with Crippen LogP contribution in [-0.4, -0.2) is 54.7 Å². The highest BCUT2D eigenvalue weighted by Crippen LogP contribution is 2.21. The van der Waals surface area contributed by atoms with Gasteiger partial charge >= 0.3 is 5.97 Å². The second-order valence-electron chi connectivity index (χ2n) is 5.16. The molecule has 0 atom stereocenters. The number of hydrogen-bond acceptors (Lipinski definition) is 5. The Kier molecular flexibility index (Phi) is 4.61. The molecule has 2 heterocycles. The summed E-state index contributed by atoms with van der Waals surface area (Å²) in [6, 6.07) is 9.82. The molecule has 0 radical (unpaired) electrons. The first-order valence-corrected chi connectivity index (χ1v) is 8.35. The highest BCUT2D eigenvalue weighted by Gasteiger charge is 2.24. The van der Waals surface area contributed by atoms with Crippen LogP contribution < -0.4 is 0 Å². The van der Waals surface area contributed by atoms with Crippen LogP contribution in [0.15, 0.2) is 30.3 Å². The predicted molar refractivity (Wildman–Crippen MR) is 85.8 cm³/mol. The molecule has 0 fully saturated rings. The van der Waals surface area contributed by atoms with E-state index in [0.717, 1.165) is 29.0 Å². The van der Waals surface area contributed by atoms with E-state index in [2.05, 4.69) is 10.2 Å². The topological polar surface area (TPSA) is 88.3 Å². The van der Waals surface area contributed by atoms with Crippen LogP contribution in [0.2, 0.25) is 0 Å². The zero-order chi connectivity index (χ0) is 16.2. The summed E-state index contributed by atoms with van der Waals surface area (Å²) in [4.78, 5) is 24.3. The van der Waals surface area contributed by atoms with Crippen LogP contribution in [0.4, 0.5) is 0 Å². The van der Waals surface area contributed by atoms with E-state index >= 15 is 0 Å². The number of carbonyl (C=O) groups excluding carboxylic acids is 1. The van der Waals surface area contributed by atoms with Crippen LogP contribution in [0.5, 0.6) is 0 Å². The molecule has 0 unspecified atom stereocenters. The van der Waals surface area contributed by atoms with Gasteiger partial charge in [0, 0.05) is 18.7 Å². The van der Waals surface area contributed by atoms with Crippen molar-refractivity contribution >= 4 is 23.6 Å². The Morgan fingerprint density at radius 1 is 1.13 bits per heavy atom. The molecule has 120 valence electrons. The molecule has 1 aliphatic heterocycles. The number of carbonyl (C=O) groups is 2. The van der Waals surface area contributed by atoms with Crippen molar-refractivity contribution in [2.24, 2.45) is 0 Å². The number of hydrogen-bond donors (Lipinski definition) is 1. The van der Waals surface area contributed by atoms with Crippen molar-refractivity contribution in [2.75, 3.05) is 18.1 Å². The third kappa shape index (κ3) is 3.53. The second kappa shape index (κ2) is 6.82. The number of carboxylic acids is 1. The summed E-state index contributed by atoms with van der Waals surface area (Å²) < 4.78 is 2.03. The van der Waals surface area contributed by atoms with Gasteiger partial charge in [-0.25, -0.2) is 0 Å². The molecule has 1 aromatic heterocycles. The van der Waals surface area contributed by atoms with Crippen LogP contribution >= 0.6 is 11.8 Å². The SMILES string of the molecule is O=C(O)CSCC(=O)N1CCn2c(nnc2-c2ccccc2)C1. The average Bonchev–Trinajstić information content (AvgIpc) is 2.98. The molecule has 1 aromatic carbocycles. The van der Waals surface area contributed by atoms with E-state index in [-0.39, 0.29) is 17.4 Å². The van der Waals surface area contributed by atoms with Gasteiger partial charge in [0.15, 0.2) is 11.6 Å². The van der Waals surface area contributed by atoms with Crippen molar-refractivity contribution < 1.29 is 14.7 Å². The number of rotatable bonds is 5. The molecule has 1 aliphatic rings. The highest BCUT2D eigenvalue weighted by molar-refractivity contribution is 8.00. The average molecular weight is 332 g/mol. The molecule has 0 spiro atoms. The zero-order valence-electron chi connectivity index (χ0n) is 12.4. The fourth-order valence-corrected chi connectivity index (χ4v) is 3.12. The summed E-state index contributed by atoms with van der Waals surface area (Å²) >= 11 is 1.11. The normalized spacial score (nSPS) is 13.7. The number of benzene rings is 1. The van der Waals surface area contributed by atoms with E-state index in [1.54, 1.807) is 4.90 Å². The lowest BCUT2D eigenvalue weighted by atomic mass is 10.2. The number of aliphatic carboxylic acids is 1. The van der Waals surface area contributed by atoms with Crippen LogP contribution in [0.25, 0.3) is 11.4 Å². The standard InChI is InChI=1S/C15H16N4O3S/c20-13(9-23-10-14(21)22)18-6-7-19-12(8-18)16-17-15(19)11-4-2-1-3-5-11/h1-5H,6-10H2,(H,21,22). The highest BCUT2D eigenvalue weighted by atomic mass is 32.2. The molecule has 0 saturated carbocycles. The summed E-state index contributed by atoms with van der Waals surface area (Å²) in [6.07, 6.45) is 0. The van der Waals surface area contributed by atoms with Crippen LogP contribution in [0.1, 0.15) is 5.82 Å². The van der Waals surface area contributed by atoms with Crippen molar-refractivity contribution in [1.29, 1.82) is 0 Å². The largest absolute Gasteiger partial charge is 0.481 e. The number of fused-ring (bicyclic) bond motifs is 1. The van der Waals surface area contributed by atoms with Gasteiger partial charge < -0.3 is 14.6 Å². The third-order valence-electron chi connectivity index (χ3n) is 3.59. The Bertz CT molecular complexity index is 717. The molecule has 1 N–H and O–H groups in total. The van der Waals surface area contributed by atoms with Gasteiger partial charge in [0.2, 0.25) is 5.91 Å². The number of amides is 1. The monoisotopic (exact) mass is 332 g/mol. The minimum Gasteiger partial charge on any atom is -0.481 e. The number of carboxylic acid groups (broad SMARTS) is 1. The van der Waals surface area contributed by atoms with Crippen LogP contribution in [-0.2, 0) is 22.7 Å². The summed E-state index contributed by atoms with van der Waals surface area (Å²) in [5, 5.41) is 17.0. The molecule has 23 heavy (non-hydrogen) atoms. The molecule has 2 aromatic rings. The Morgan fingerprint density at radius 2 is 1.91 bits per heavy atom. The summed E-state index contributed by atoms with van der Waals surface area (Å²) in [5.74, 6) is 0.708. The molecule has 0 saturated heterocycles. The molecule has 7 nitrogen and oxygen atoms in total. The van der Waals surface area contributed by atoms with Crippen molar-refractivity contribution in [3.8, 4) is 11.4 Å². The third-order valence-corrected chi connectivity index (χ3v) is 4.49. The van der Waals surface area contributed by atoms with Gasteiger partial charge in [-0.15, -0.1) is 22.0 Å². The number of aromatic nitrogens is 3. The van der Waals surface area contributed by atoms with E-state index in [4.69, 9.17) is 5.11 Å². The molecular formula is C15H16N4O3S. The summed E-state index contributed by atoms with van der Waals surface area (Å²) in [5.41, 5.74) is 1.00. The van der Waals surface area contributed by atoms with Crippen molar-refractivity contribution in [3.05, 3.63) is 36.2 Å². The van der Waals surface area contributed by atoms with E-state index < -0.39 is 5.97 Å². The van der Waals surface area contributed by atoms with Gasteiger partial charge in [-0.05, 0) is 0 Å². The zero-order valence-corrected chi connectivity index (χ0v) is 13.2. The minimum atomic E-state index is -0.909. The van der Waals surface area contributed by atoms with Crippen molar-refractivity contribution in [2.45, 2.75) is 13.1 Å². The van der Waals surface area contributed by atoms with Crippen LogP contribution in [0.3, 0.4) is 0 Å². The van der Waals surface area contributed by atoms with Gasteiger partial charge in [-0.3, -0.25) is 9.59 Å². The van der Waals surface area contributed by atoms with E-state index in [1.807, 2.05) is 34.9 Å². The first-order chi connectivity index (χ1) is 11.1. The van der Waals surface area contributed by atoms with Crippen molar-refractivity contribution in [3.63, 3.8) is 0 Å². The Hall–Kier alpha value is -2.35. The Morgan fingerprint density at radius 3 is 2.65 bits per heavy atom. The number of thioether (sulfide) groups is 1. The first-order valence-electron chi connectivity index (χ1n) is 7.20.